The first-order valence-electron chi connectivity index (χ1n) is 5.99. The number of carbonyl (C=O) groups excluding carboxylic acids is 1. The molecule has 100 valence electrons. The summed E-state index contributed by atoms with van der Waals surface area (Å²) in [5.74, 6) is -0.119. The van der Waals surface area contributed by atoms with Crippen molar-refractivity contribution in [2.45, 2.75) is 25.7 Å². The van der Waals surface area contributed by atoms with Gasteiger partial charge in [0.05, 0.1) is 5.56 Å². The van der Waals surface area contributed by atoms with Crippen LogP contribution in [0.25, 0.3) is 0 Å². The van der Waals surface area contributed by atoms with Gasteiger partial charge in [-0.25, -0.2) is 0 Å². The number of aliphatic hydroxyl groups excluding tert-OH is 1. The Kier molecular flexibility index (Phi) is 7.32. The van der Waals surface area contributed by atoms with Gasteiger partial charge in [0.2, 0.25) is 0 Å². The second-order valence-corrected chi connectivity index (χ2v) is 5.31. The van der Waals surface area contributed by atoms with Crippen LogP contribution in [0.15, 0.2) is 22.7 Å². The van der Waals surface area contributed by atoms with Crippen molar-refractivity contribution in [1.82, 2.24) is 5.32 Å². The lowest BCUT2D eigenvalue weighted by Crippen LogP contribution is -2.24. The molecule has 0 fully saturated rings. The summed E-state index contributed by atoms with van der Waals surface area (Å²) in [6, 6.07) is 5.14. The molecule has 1 aromatic carbocycles. The van der Waals surface area contributed by atoms with Crippen molar-refractivity contribution < 1.29 is 9.90 Å². The van der Waals surface area contributed by atoms with Gasteiger partial charge >= 0.3 is 0 Å². The highest BCUT2D eigenvalue weighted by Crippen LogP contribution is 2.20. The van der Waals surface area contributed by atoms with Gasteiger partial charge in [0, 0.05) is 22.6 Å². The number of unbranched alkanes of at least 4 members (excludes halogenated alkanes) is 3. The zero-order valence-corrected chi connectivity index (χ0v) is 12.4. The van der Waals surface area contributed by atoms with E-state index in [1.165, 1.54) is 0 Å². The maximum Gasteiger partial charge on any atom is 0.252 e. The SMILES string of the molecule is O=C(NCCCCCCO)c1cc(Cl)ccc1Br. The van der Waals surface area contributed by atoms with E-state index in [0.717, 1.165) is 30.2 Å². The standard InChI is InChI=1S/C13H17BrClNO2/c14-12-6-5-10(15)9-11(12)13(18)16-7-3-1-2-4-8-17/h5-6,9,17H,1-4,7-8H2,(H,16,18). The second-order valence-electron chi connectivity index (χ2n) is 4.02. The first-order valence-corrected chi connectivity index (χ1v) is 7.16. The number of hydrogen-bond donors (Lipinski definition) is 2. The number of hydrogen-bond acceptors (Lipinski definition) is 2. The van der Waals surface area contributed by atoms with Gasteiger partial charge in [-0.3, -0.25) is 4.79 Å². The smallest absolute Gasteiger partial charge is 0.252 e. The molecule has 0 aliphatic carbocycles. The predicted octanol–water partition coefficient (Wildman–Crippen LogP) is 3.39. The van der Waals surface area contributed by atoms with Crippen LogP contribution in [-0.2, 0) is 0 Å². The molecule has 1 amide bonds. The molecule has 0 bridgehead atoms. The molecule has 0 heterocycles. The molecule has 1 rings (SSSR count). The van der Waals surface area contributed by atoms with Gasteiger partial charge in [0.1, 0.15) is 0 Å². The minimum absolute atomic E-state index is 0.119. The third-order valence-corrected chi connectivity index (χ3v) is 3.47. The lowest BCUT2D eigenvalue weighted by Gasteiger charge is -2.07. The highest BCUT2D eigenvalue weighted by atomic mass is 79.9. The van der Waals surface area contributed by atoms with E-state index in [1.54, 1.807) is 18.2 Å². The molecule has 0 saturated carbocycles. The largest absolute Gasteiger partial charge is 0.396 e. The van der Waals surface area contributed by atoms with Crippen molar-refractivity contribution in [3.05, 3.63) is 33.3 Å². The van der Waals surface area contributed by atoms with Crippen LogP contribution in [0.2, 0.25) is 5.02 Å². The Balaban J connectivity index is 2.34. The van der Waals surface area contributed by atoms with Crippen molar-refractivity contribution in [1.29, 1.82) is 0 Å². The van der Waals surface area contributed by atoms with Crippen molar-refractivity contribution in [2.75, 3.05) is 13.2 Å². The van der Waals surface area contributed by atoms with Gasteiger partial charge in [-0.2, -0.15) is 0 Å². The van der Waals surface area contributed by atoms with Crippen LogP contribution < -0.4 is 5.32 Å². The van der Waals surface area contributed by atoms with E-state index >= 15 is 0 Å². The van der Waals surface area contributed by atoms with Crippen molar-refractivity contribution >= 4 is 33.4 Å². The molecule has 0 aliphatic rings. The summed E-state index contributed by atoms with van der Waals surface area (Å²) in [4.78, 5) is 11.9. The molecule has 0 aliphatic heterocycles. The molecule has 2 N–H and O–H groups in total. The van der Waals surface area contributed by atoms with E-state index in [4.69, 9.17) is 16.7 Å². The Bertz CT molecular complexity index is 399. The first kappa shape index (κ1) is 15.5. The highest BCUT2D eigenvalue weighted by Gasteiger charge is 2.09. The van der Waals surface area contributed by atoms with Gasteiger partial charge in [0.15, 0.2) is 0 Å². The van der Waals surface area contributed by atoms with Crippen molar-refractivity contribution in [2.24, 2.45) is 0 Å². The van der Waals surface area contributed by atoms with Crippen LogP contribution in [0, 0.1) is 0 Å². The average Bonchev–Trinajstić information content (AvgIpc) is 2.36. The molecule has 0 spiro atoms. The Morgan fingerprint density at radius 3 is 2.72 bits per heavy atom. The summed E-state index contributed by atoms with van der Waals surface area (Å²) >= 11 is 9.18. The molecule has 5 heteroatoms. The number of benzene rings is 1. The van der Waals surface area contributed by atoms with Crippen LogP contribution in [0.4, 0.5) is 0 Å². The lowest BCUT2D eigenvalue weighted by atomic mass is 10.2. The van der Waals surface area contributed by atoms with Gasteiger partial charge in [0.25, 0.3) is 5.91 Å². The molecular formula is C13H17BrClNO2. The summed E-state index contributed by atoms with van der Waals surface area (Å²) < 4.78 is 0.740. The number of amides is 1. The fourth-order valence-corrected chi connectivity index (χ4v) is 2.16. The molecule has 3 nitrogen and oxygen atoms in total. The third kappa shape index (κ3) is 5.38. The molecule has 1 aromatic rings. The highest BCUT2D eigenvalue weighted by molar-refractivity contribution is 9.10. The van der Waals surface area contributed by atoms with E-state index in [9.17, 15) is 4.79 Å². The van der Waals surface area contributed by atoms with Crippen LogP contribution in [0.5, 0.6) is 0 Å². The van der Waals surface area contributed by atoms with Gasteiger partial charge in [-0.1, -0.05) is 24.4 Å². The molecule has 0 radical (unpaired) electrons. The van der Waals surface area contributed by atoms with E-state index in [1.807, 2.05) is 0 Å². The van der Waals surface area contributed by atoms with Gasteiger partial charge in [-0.15, -0.1) is 0 Å². The maximum absolute atomic E-state index is 11.9. The van der Waals surface area contributed by atoms with Crippen molar-refractivity contribution in [3.8, 4) is 0 Å². The van der Waals surface area contributed by atoms with Gasteiger partial charge < -0.3 is 10.4 Å². The minimum atomic E-state index is -0.119. The topological polar surface area (TPSA) is 49.3 Å². The van der Waals surface area contributed by atoms with Crippen LogP contribution in [-0.4, -0.2) is 24.2 Å². The van der Waals surface area contributed by atoms with Crippen LogP contribution in [0.1, 0.15) is 36.0 Å². The molecule has 18 heavy (non-hydrogen) atoms. The van der Waals surface area contributed by atoms with E-state index in [-0.39, 0.29) is 12.5 Å². The average molecular weight is 335 g/mol. The van der Waals surface area contributed by atoms with Crippen LogP contribution >= 0.6 is 27.5 Å². The molecule has 0 saturated heterocycles. The Labute approximate surface area is 121 Å². The summed E-state index contributed by atoms with van der Waals surface area (Å²) in [6.45, 7) is 0.880. The molecule has 0 atom stereocenters. The van der Waals surface area contributed by atoms with Crippen molar-refractivity contribution in [3.63, 3.8) is 0 Å². The maximum atomic E-state index is 11.9. The zero-order chi connectivity index (χ0) is 13.4. The number of halogens is 2. The summed E-state index contributed by atoms with van der Waals surface area (Å²) in [5.41, 5.74) is 0.554. The fourth-order valence-electron chi connectivity index (χ4n) is 1.56. The monoisotopic (exact) mass is 333 g/mol. The molecule has 0 unspecified atom stereocenters. The lowest BCUT2D eigenvalue weighted by molar-refractivity contribution is 0.0952. The normalized spacial score (nSPS) is 10.4. The number of carbonyl (C=O) groups is 1. The fraction of sp³-hybridized carbons (Fsp3) is 0.462. The number of rotatable bonds is 7. The Morgan fingerprint density at radius 1 is 1.28 bits per heavy atom. The third-order valence-electron chi connectivity index (χ3n) is 2.54. The zero-order valence-electron chi connectivity index (χ0n) is 10.1. The van der Waals surface area contributed by atoms with Crippen LogP contribution in [0.3, 0.4) is 0 Å². The minimum Gasteiger partial charge on any atom is -0.396 e. The number of aliphatic hydroxyl groups is 1. The predicted molar refractivity (Wildman–Crippen MR) is 77.0 cm³/mol. The summed E-state index contributed by atoms with van der Waals surface area (Å²) in [6.07, 6.45) is 3.75. The van der Waals surface area contributed by atoms with E-state index in [0.29, 0.717) is 17.1 Å². The summed E-state index contributed by atoms with van der Waals surface area (Å²) in [7, 11) is 0. The second kappa shape index (κ2) is 8.51. The van der Waals surface area contributed by atoms with E-state index < -0.39 is 0 Å². The molecular weight excluding hydrogens is 318 g/mol. The van der Waals surface area contributed by atoms with Gasteiger partial charge in [-0.05, 0) is 47.0 Å². The number of nitrogens with one attached hydrogen (secondary N) is 1. The first-order chi connectivity index (χ1) is 8.65. The summed E-state index contributed by atoms with van der Waals surface area (Å²) in [5, 5.41) is 12.0. The Hall–Kier alpha value is -0.580. The van der Waals surface area contributed by atoms with E-state index in [2.05, 4.69) is 21.2 Å². The Morgan fingerprint density at radius 2 is 2.00 bits per heavy atom. The quantitative estimate of drug-likeness (QED) is 0.751. The molecule has 0 aromatic heterocycles.